The highest BCUT2D eigenvalue weighted by Crippen LogP contribution is 2.30. The van der Waals surface area contributed by atoms with E-state index in [-0.39, 0.29) is 17.7 Å². The van der Waals surface area contributed by atoms with Crippen LogP contribution >= 0.6 is 0 Å². The second-order valence-corrected chi connectivity index (χ2v) is 6.20. The van der Waals surface area contributed by atoms with Crippen LogP contribution < -0.4 is 5.56 Å². The largest absolute Gasteiger partial charge is 0.481 e. The lowest BCUT2D eigenvalue weighted by Crippen LogP contribution is -2.25. The van der Waals surface area contributed by atoms with Crippen LogP contribution in [0.25, 0.3) is 27.5 Å². The lowest BCUT2D eigenvalue weighted by Gasteiger charge is -2.09. The molecule has 0 saturated carbocycles. The third kappa shape index (κ3) is 2.68. The molecular formula is C20H16FN3O3. The molecule has 0 saturated heterocycles. The Hall–Kier alpha value is -3.48. The second-order valence-electron chi connectivity index (χ2n) is 6.20. The molecule has 0 spiro atoms. The van der Waals surface area contributed by atoms with Crippen molar-refractivity contribution in [3.63, 3.8) is 0 Å². The predicted octanol–water partition coefficient (Wildman–Crippen LogP) is 3.13. The summed E-state index contributed by atoms with van der Waals surface area (Å²) in [5.74, 6) is -1.53. The molecule has 7 heteroatoms. The molecule has 0 radical (unpaired) electrons. The van der Waals surface area contributed by atoms with Crippen LogP contribution in [0.5, 0.6) is 0 Å². The SMILES string of the molecule is CCn1c2ccc(F)cc2c2c(CC(=O)O)nn(-c3ccccc3)c(=O)c21. The Morgan fingerprint density at radius 2 is 1.93 bits per heavy atom. The van der Waals surface area contributed by atoms with Crippen LogP contribution in [0, 0.1) is 5.82 Å². The molecule has 0 aliphatic carbocycles. The van der Waals surface area contributed by atoms with Gasteiger partial charge in [-0.15, -0.1) is 0 Å². The fourth-order valence-corrected chi connectivity index (χ4v) is 3.50. The molecule has 0 amide bonds. The average molecular weight is 365 g/mol. The van der Waals surface area contributed by atoms with Crippen LogP contribution in [-0.4, -0.2) is 25.4 Å². The van der Waals surface area contributed by atoms with E-state index in [1.807, 2.05) is 13.0 Å². The van der Waals surface area contributed by atoms with Crippen LogP contribution in [0.2, 0.25) is 0 Å². The van der Waals surface area contributed by atoms with Crippen molar-refractivity contribution in [1.82, 2.24) is 14.3 Å². The van der Waals surface area contributed by atoms with Gasteiger partial charge in [0.2, 0.25) is 0 Å². The first-order chi connectivity index (χ1) is 13.0. The summed E-state index contributed by atoms with van der Waals surface area (Å²) in [4.78, 5) is 24.7. The maximum atomic E-state index is 13.9. The maximum Gasteiger partial charge on any atom is 0.309 e. The number of carboxylic acids is 1. The third-order valence-electron chi connectivity index (χ3n) is 4.57. The number of aryl methyl sites for hydroxylation is 1. The summed E-state index contributed by atoms with van der Waals surface area (Å²) in [6.07, 6.45) is -0.372. The molecule has 6 nitrogen and oxygen atoms in total. The van der Waals surface area contributed by atoms with Crippen molar-refractivity contribution in [2.24, 2.45) is 0 Å². The fraction of sp³-hybridized carbons (Fsp3) is 0.150. The van der Waals surface area contributed by atoms with E-state index in [9.17, 15) is 19.1 Å². The first-order valence-corrected chi connectivity index (χ1v) is 8.52. The van der Waals surface area contributed by atoms with Crippen molar-refractivity contribution in [1.29, 1.82) is 0 Å². The summed E-state index contributed by atoms with van der Waals surface area (Å²) >= 11 is 0. The smallest absolute Gasteiger partial charge is 0.309 e. The Balaban J connectivity index is 2.22. The summed E-state index contributed by atoms with van der Waals surface area (Å²) in [6.45, 7) is 2.36. The van der Waals surface area contributed by atoms with Gasteiger partial charge in [0, 0.05) is 22.8 Å². The van der Waals surface area contributed by atoms with E-state index in [1.54, 1.807) is 34.9 Å². The summed E-state index contributed by atoms with van der Waals surface area (Å²) in [5, 5.41) is 14.6. The van der Waals surface area contributed by atoms with Gasteiger partial charge >= 0.3 is 5.97 Å². The summed E-state index contributed by atoms with van der Waals surface area (Å²) in [7, 11) is 0. The minimum Gasteiger partial charge on any atom is -0.481 e. The molecule has 1 N–H and O–H groups in total. The van der Waals surface area contributed by atoms with Gasteiger partial charge in [-0.3, -0.25) is 9.59 Å². The normalized spacial score (nSPS) is 11.3. The molecule has 2 heterocycles. The van der Waals surface area contributed by atoms with Crippen LogP contribution in [0.4, 0.5) is 4.39 Å². The van der Waals surface area contributed by atoms with E-state index in [2.05, 4.69) is 5.10 Å². The number of hydrogen-bond donors (Lipinski definition) is 1. The van der Waals surface area contributed by atoms with Crippen LogP contribution in [-0.2, 0) is 17.8 Å². The molecule has 0 aliphatic heterocycles. The van der Waals surface area contributed by atoms with Gasteiger partial charge < -0.3 is 9.67 Å². The van der Waals surface area contributed by atoms with E-state index >= 15 is 0 Å². The summed E-state index contributed by atoms with van der Waals surface area (Å²) < 4.78 is 16.9. The molecule has 2 aromatic carbocycles. The molecule has 0 bridgehead atoms. The first kappa shape index (κ1) is 17.0. The molecule has 27 heavy (non-hydrogen) atoms. The maximum absolute atomic E-state index is 13.9. The second kappa shape index (κ2) is 6.35. The van der Waals surface area contributed by atoms with E-state index in [4.69, 9.17) is 0 Å². The third-order valence-corrected chi connectivity index (χ3v) is 4.57. The fourth-order valence-electron chi connectivity index (χ4n) is 3.50. The summed E-state index contributed by atoms with van der Waals surface area (Å²) in [5.41, 5.74) is 1.39. The number of para-hydroxylation sites is 1. The topological polar surface area (TPSA) is 77.1 Å². The molecule has 0 unspecified atom stereocenters. The van der Waals surface area contributed by atoms with Gasteiger partial charge in [-0.05, 0) is 37.3 Å². The standard InChI is InChI=1S/C20H16FN3O3/c1-2-23-16-9-8-12(21)10-14(16)18-15(11-17(25)26)22-24(20(27)19(18)23)13-6-4-3-5-7-13/h3-10H,2,11H2,1H3,(H,25,26). The van der Waals surface area contributed by atoms with Gasteiger partial charge in [0.25, 0.3) is 5.56 Å². The number of carbonyl (C=O) groups is 1. The van der Waals surface area contributed by atoms with Crippen molar-refractivity contribution >= 4 is 27.8 Å². The van der Waals surface area contributed by atoms with E-state index in [0.29, 0.717) is 34.0 Å². The van der Waals surface area contributed by atoms with E-state index in [1.165, 1.54) is 16.8 Å². The molecule has 4 rings (SSSR count). The molecule has 136 valence electrons. The molecule has 0 aliphatic rings. The van der Waals surface area contributed by atoms with Crippen molar-refractivity contribution in [2.45, 2.75) is 19.9 Å². The van der Waals surface area contributed by atoms with Crippen molar-refractivity contribution in [3.05, 3.63) is 70.4 Å². The highest BCUT2D eigenvalue weighted by molar-refractivity contribution is 6.09. The number of carboxylic acid groups (broad SMARTS) is 1. The number of rotatable bonds is 4. The Kier molecular flexibility index (Phi) is 3.99. The van der Waals surface area contributed by atoms with Crippen LogP contribution in [0.3, 0.4) is 0 Å². The van der Waals surface area contributed by atoms with Gasteiger partial charge in [0.15, 0.2) is 0 Å². The average Bonchev–Trinajstić information content (AvgIpc) is 2.98. The van der Waals surface area contributed by atoms with Crippen molar-refractivity contribution < 1.29 is 14.3 Å². The zero-order valence-corrected chi connectivity index (χ0v) is 14.5. The van der Waals surface area contributed by atoms with Crippen LogP contribution in [0.1, 0.15) is 12.6 Å². The van der Waals surface area contributed by atoms with Gasteiger partial charge in [-0.25, -0.2) is 4.39 Å². The highest BCUT2D eigenvalue weighted by atomic mass is 19.1. The molecular weight excluding hydrogens is 349 g/mol. The minimum atomic E-state index is -1.07. The number of fused-ring (bicyclic) bond motifs is 3. The predicted molar refractivity (Wildman–Crippen MR) is 99.8 cm³/mol. The Labute approximate surface area is 153 Å². The molecule has 0 fully saturated rings. The summed E-state index contributed by atoms with van der Waals surface area (Å²) in [6, 6.07) is 13.1. The lowest BCUT2D eigenvalue weighted by atomic mass is 10.1. The zero-order chi connectivity index (χ0) is 19.1. The quantitative estimate of drug-likeness (QED) is 0.603. The number of benzene rings is 2. The van der Waals surface area contributed by atoms with E-state index < -0.39 is 11.8 Å². The van der Waals surface area contributed by atoms with Gasteiger partial charge in [0.1, 0.15) is 11.3 Å². The van der Waals surface area contributed by atoms with Crippen LogP contribution in [0.15, 0.2) is 53.3 Å². The van der Waals surface area contributed by atoms with E-state index in [0.717, 1.165) is 0 Å². The van der Waals surface area contributed by atoms with Gasteiger partial charge in [0.05, 0.1) is 17.8 Å². The Bertz CT molecular complexity index is 1240. The van der Waals surface area contributed by atoms with Gasteiger partial charge in [-0.2, -0.15) is 9.78 Å². The number of nitrogens with zero attached hydrogens (tertiary/aromatic N) is 3. The first-order valence-electron chi connectivity index (χ1n) is 8.52. The van der Waals surface area contributed by atoms with Crippen molar-refractivity contribution in [3.8, 4) is 5.69 Å². The molecule has 2 aromatic heterocycles. The molecule has 0 atom stereocenters. The lowest BCUT2D eigenvalue weighted by molar-refractivity contribution is -0.136. The number of hydrogen-bond acceptors (Lipinski definition) is 3. The van der Waals surface area contributed by atoms with Crippen molar-refractivity contribution in [2.75, 3.05) is 0 Å². The molecule has 4 aromatic rings. The highest BCUT2D eigenvalue weighted by Gasteiger charge is 2.22. The Morgan fingerprint density at radius 1 is 1.19 bits per heavy atom. The Morgan fingerprint density at radius 3 is 2.59 bits per heavy atom. The zero-order valence-electron chi connectivity index (χ0n) is 14.5. The van der Waals surface area contributed by atoms with Gasteiger partial charge in [-0.1, -0.05) is 18.2 Å². The monoisotopic (exact) mass is 365 g/mol. The minimum absolute atomic E-state index is 0.226. The number of halogens is 1. The number of aliphatic carboxylic acids is 1. The number of aromatic nitrogens is 3.